The van der Waals surface area contributed by atoms with Crippen molar-refractivity contribution in [3.05, 3.63) is 61.1 Å². The highest BCUT2D eigenvalue weighted by molar-refractivity contribution is 5.82. The van der Waals surface area contributed by atoms with Gasteiger partial charge < -0.3 is 19.9 Å². The van der Waals surface area contributed by atoms with E-state index in [1.807, 2.05) is 40.9 Å². The number of benzene rings is 2. The Bertz CT molecular complexity index is 1110. The molecule has 2 aromatic heterocycles. The molecule has 4 rings (SSSR count). The van der Waals surface area contributed by atoms with Crippen molar-refractivity contribution >= 4 is 17.2 Å². The zero-order chi connectivity index (χ0) is 18.8. The van der Waals surface area contributed by atoms with Gasteiger partial charge in [0.1, 0.15) is 17.3 Å². The molecule has 0 radical (unpaired) electrons. The summed E-state index contributed by atoms with van der Waals surface area (Å²) < 4.78 is 12.6. The van der Waals surface area contributed by atoms with Crippen LogP contribution in [0, 0.1) is 0 Å². The molecule has 0 aliphatic carbocycles. The van der Waals surface area contributed by atoms with E-state index in [1.165, 1.54) is 0 Å². The number of fused-ring (bicyclic) bond motifs is 1. The highest BCUT2D eigenvalue weighted by Crippen LogP contribution is 2.37. The zero-order valence-electron chi connectivity index (χ0n) is 14.9. The van der Waals surface area contributed by atoms with Gasteiger partial charge in [0.2, 0.25) is 0 Å². The number of phenols is 1. The lowest BCUT2D eigenvalue weighted by atomic mass is 10.1. The van der Waals surface area contributed by atoms with Crippen LogP contribution in [0.15, 0.2) is 61.1 Å². The first-order valence-corrected chi connectivity index (χ1v) is 8.30. The van der Waals surface area contributed by atoms with Crippen molar-refractivity contribution in [2.75, 3.05) is 19.5 Å². The molecule has 0 atom stereocenters. The Morgan fingerprint density at radius 2 is 1.85 bits per heavy atom. The smallest absolute Gasteiger partial charge is 0.162 e. The van der Waals surface area contributed by atoms with Gasteiger partial charge in [-0.25, -0.2) is 4.98 Å². The van der Waals surface area contributed by atoms with Gasteiger partial charge in [-0.15, -0.1) is 0 Å². The zero-order valence-corrected chi connectivity index (χ0v) is 14.9. The van der Waals surface area contributed by atoms with Gasteiger partial charge in [-0.2, -0.15) is 0 Å². The lowest BCUT2D eigenvalue weighted by Crippen LogP contribution is -1.98. The number of para-hydroxylation sites is 1. The molecule has 0 spiro atoms. The molecule has 27 heavy (non-hydrogen) atoms. The van der Waals surface area contributed by atoms with E-state index in [1.54, 1.807) is 38.7 Å². The molecule has 0 saturated heterocycles. The minimum absolute atomic E-state index is 0.157. The molecule has 0 aliphatic rings. The Hall–Kier alpha value is -3.74. The Kier molecular flexibility index (Phi) is 4.25. The minimum Gasteiger partial charge on any atom is -0.507 e. The molecule has 4 aromatic rings. The highest BCUT2D eigenvalue weighted by atomic mass is 16.5. The van der Waals surface area contributed by atoms with E-state index in [0.717, 1.165) is 5.69 Å². The van der Waals surface area contributed by atoms with Crippen LogP contribution < -0.4 is 14.8 Å². The maximum Gasteiger partial charge on any atom is 0.162 e. The SMILES string of the molecule is COc1ccc(Nc2c(-c3ccccc3O)nc3cnccn23)cc1OC. The Morgan fingerprint density at radius 3 is 2.63 bits per heavy atom. The summed E-state index contributed by atoms with van der Waals surface area (Å²) in [6.45, 7) is 0. The normalized spacial score (nSPS) is 10.7. The number of imidazole rings is 1. The quantitative estimate of drug-likeness (QED) is 0.561. The van der Waals surface area contributed by atoms with E-state index >= 15 is 0 Å². The number of nitrogens with one attached hydrogen (secondary N) is 1. The Morgan fingerprint density at radius 1 is 1.04 bits per heavy atom. The van der Waals surface area contributed by atoms with Crippen LogP contribution in [0.25, 0.3) is 16.9 Å². The number of aromatic nitrogens is 3. The number of phenolic OH excluding ortho intramolecular Hbond substituents is 1. The first kappa shape index (κ1) is 16.7. The van der Waals surface area contributed by atoms with Crippen molar-refractivity contribution in [3.63, 3.8) is 0 Å². The van der Waals surface area contributed by atoms with Crippen LogP contribution in [-0.2, 0) is 0 Å². The summed E-state index contributed by atoms with van der Waals surface area (Å²) >= 11 is 0. The standard InChI is InChI=1S/C20H18N4O3/c1-26-16-8-7-13(11-17(16)27-2)22-20-19(14-5-3-4-6-15(14)25)23-18-12-21-9-10-24(18)20/h3-12,22,25H,1-2H3. The lowest BCUT2D eigenvalue weighted by Gasteiger charge is -2.12. The van der Waals surface area contributed by atoms with Crippen molar-refractivity contribution < 1.29 is 14.6 Å². The summed E-state index contributed by atoms with van der Waals surface area (Å²) in [7, 11) is 3.19. The van der Waals surface area contributed by atoms with E-state index in [-0.39, 0.29) is 5.75 Å². The third-order valence-corrected chi connectivity index (χ3v) is 4.24. The van der Waals surface area contributed by atoms with E-state index in [9.17, 15) is 5.11 Å². The molecule has 0 amide bonds. The van der Waals surface area contributed by atoms with E-state index in [2.05, 4.69) is 15.3 Å². The second kappa shape index (κ2) is 6.87. The van der Waals surface area contributed by atoms with Gasteiger partial charge in [-0.3, -0.25) is 9.38 Å². The Balaban J connectivity index is 1.86. The minimum atomic E-state index is 0.157. The van der Waals surface area contributed by atoms with Gasteiger partial charge in [0.15, 0.2) is 17.1 Å². The fourth-order valence-electron chi connectivity index (χ4n) is 2.94. The summed E-state index contributed by atoms with van der Waals surface area (Å²) in [4.78, 5) is 8.77. The molecule has 2 heterocycles. The van der Waals surface area contributed by atoms with Crippen LogP contribution in [-0.4, -0.2) is 33.7 Å². The second-order valence-electron chi connectivity index (χ2n) is 5.83. The van der Waals surface area contributed by atoms with Crippen LogP contribution in [0.1, 0.15) is 0 Å². The summed E-state index contributed by atoms with van der Waals surface area (Å²) in [5.41, 5.74) is 2.71. The third kappa shape index (κ3) is 2.99. The van der Waals surface area contributed by atoms with Gasteiger partial charge in [-0.05, 0) is 24.3 Å². The summed E-state index contributed by atoms with van der Waals surface area (Å²) in [5, 5.41) is 13.7. The van der Waals surface area contributed by atoms with Crippen molar-refractivity contribution in [2.45, 2.75) is 0 Å². The fourth-order valence-corrected chi connectivity index (χ4v) is 2.94. The van der Waals surface area contributed by atoms with E-state index in [4.69, 9.17) is 9.47 Å². The number of aromatic hydroxyl groups is 1. The topological polar surface area (TPSA) is 80.9 Å². The summed E-state index contributed by atoms with van der Waals surface area (Å²) in [5.74, 6) is 2.12. The predicted molar refractivity (Wildman–Crippen MR) is 103 cm³/mol. The van der Waals surface area contributed by atoms with Crippen molar-refractivity contribution in [1.29, 1.82) is 0 Å². The maximum absolute atomic E-state index is 10.3. The molecular formula is C20H18N4O3. The molecule has 136 valence electrons. The monoisotopic (exact) mass is 362 g/mol. The third-order valence-electron chi connectivity index (χ3n) is 4.24. The number of rotatable bonds is 5. The fraction of sp³-hybridized carbons (Fsp3) is 0.100. The van der Waals surface area contributed by atoms with Crippen LogP contribution in [0.4, 0.5) is 11.5 Å². The number of hydrogen-bond acceptors (Lipinski definition) is 6. The highest BCUT2D eigenvalue weighted by Gasteiger charge is 2.17. The summed E-state index contributed by atoms with van der Waals surface area (Å²) in [6.07, 6.45) is 5.17. The van der Waals surface area contributed by atoms with Crippen molar-refractivity contribution in [3.8, 4) is 28.5 Å². The van der Waals surface area contributed by atoms with Crippen LogP contribution in [0.5, 0.6) is 17.2 Å². The molecule has 0 fully saturated rings. The molecular weight excluding hydrogens is 344 g/mol. The molecule has 0 unspecified atom stereocenters. The van der Waals surface area contributed by atoms with Crippen LogP contribution in [0.2, 0.25) is 0 Å². The van der Waals surface area contributed by atoms with E-state index < -0.39 is 0 Å². The van der Waals surface area contributed by atoms with Crippen LogP contribution >= 0.6 is 0 Å². The maximum atomic E-state index is 10.3. The average Bonchev–Trinajstić information content (AvgIpc) is 3.06. The molecule has 7 heteroatoms. The predicted octanol–water partition coefficient (Wildman–Crippen LogP) is 3.86. The van der Waals surface area contributed by atoms with E-state index in [0.29, 0.717) is 34.2 Å². The Labute approximate surface area is 155 Å². The number of hydrogen-bond donors (Lipinski definition) is 2. The second-order valence-corrected chi connectivity index (χ2v) is 5.83. The summed E-state index contributed by atoms with van der Waals surface area (Å²) in [6, 6.07) is 12.6. The number of methoxy groups -OCH3 is 2. The number of nitrogens with zero attached hydrogens (tertiary/aromatic N) is 3. The molecule has 7 nitrogen and oxygen atoms in total. The van der Waals surface area contributed by atoms with Crippen molar-refractivity contribution in [2.24, 2.45) is 0 Å². The number of ether oxygens (including phenoxy) is 2. The van der Waals surface area contributed by atoms with Gasteiger partial charge >= 0.3 is 0 Å². The van der Waals surface area contributed by atoms with Gasteiger partial charge in [0, 0.05) is 29.7 Å². The largest absolute Gasteiger partial charge is 0.507 e. The van der Waals surface area contributed by atoms with Crippen molar-refractivity contribution in [1.82, 2.24) is 14.4 Å². The molecule has 0 saturated carbocycles. The number of anilines is 2. The average molecular weight is 362 g/mol. The first-order chi connectivity index (χ1) is 13.2. The van der Waals surface area contributed by atoms with Gasteiger partial charge in [0.25, 0.3) is 0 Å². The van der Waals surface area contributed by atoms with Gasteiger partial charge in [0.05, 0.1) is 20.4 Å². The first-order valence-electron chi connectivity index (χ1n) is 8.30. The molecule has 0 aliphatic heterocycles. The molecule has 2 aromatic carbocycles. The van der Waals surface area contributed by atoms with Crippen LogP contribution in [0.3, 0.4) is 0 Å². The molecule has 0 bridgehead atoms. The van der Waals surface area contributed by atoms with Gasteiger partial charge in [-0.1, -0.05) is 12.1 Å². The molecule has 2 N–H and O–H groups in total. The lowest BCUT2D eigenvalue weighted by molar-refractivity contribution is 0.355.